The zero-order chi connectivity index (χ0) is 44.2. The molecule has 61 heavy (non-hydrogen) atoms. The summed E-state index contributed by atoms with van der Waals surface area (Å²) in [6.07, 6.45) is 2.85. The Balaban J connectivity index is 0.000000204. The van der Waals surface area contributed by atoms with E-state index in [4.69, 9.17) is 17.3 Å². The van der Waals surface area contributed by atoms with Gasteiger partial charge in [0.25, 0.3) is 5.56 Å². The quantitative estimate of drug-likeness (QED) is 0.104. The molecule has 1 aliphatic heterocycles. The third-order valence-corrected chi connectivity index (χ3v) is 11.4. The smallest absolute Gasteiger partial charge is 0.394 e. The number of halogens is 5. The average Bonchev–Trinajstić information content (AvgIpc) is 3.97. The number of aryl methyl sites for hydroxylation is 2. The molecule has 3 amide bonds. The van der Waals surface area contributed by atoms with Crippen molar-refractivity contribution in [1.29, 1.82) is 0 Å². The lowest BCUT2D eigenvalue weighted by Crippen LogP contribution is -2.45. The first kappa shape index (κ1) is 44.3. The topological polar surface area (TPSA) is 199 Å². The maximum absolute atomic E-state index is 13.8. The summed E-state index contributed by atoms with van der Waals surface area (Å²) in [5.74, 6) is -0.101. The first-order valence-electron chi connectivity index (χ1n) is 18.6. The highest BCUT2D eigenvalue weighted by atomic mass is 35.5. The van der Waals surface area contributed by atoms with Gasteiger partial charge >= 0.3 is 12.2 Å². The number of urea groups is 1. The van der Waals surface area contributed by atoms with Crippen LogP contribution >= 0.6 is 22.9 Å². The highest BCUT2D eigenvalue weighted by Gasteiger charge is 2.49. The predicted molar refractivity (Wildman–Crippen MR) is 222 cm³/mol. The van der Waals surface area contributed by atoms with Crippen LogP contribution in [0.25, 0.3) is 21.7 Å². The summed E-state index contributed by atoms with van der Waals surface area (Å²) in [7, 11) is 1.79. The van der Waals surface area contributed by atoms with Crippen LogP contribution < -0.4 is 21.9 Å². The minimum absolute atomic E-state index is 0.0255. The molecule has 1 saturated heterocycles. The van der Waals surface area contributed by atoms with Crippen molar-refractivity contribution in [3.8, 4) is 21.7 Å². The van der Waals surface area contributed by atoms with Gasteiger partial charge in [-0.2, -0.15) is 18.3 Å². The molecule has 2 unspecified atom stereocenters. The number of hydrogen-bond acceptors (Lipinski definition) is 11. The Bertz CT molecular complexity index is 2620. The summed E-state index contributed by atoms with van der Waals surface area (Å²) in [6, 6.07) is 11.9. The van der Waals surface area contributed by atoms with Crippen LogP contribution in [0.2, 0.25) is 5.02 Å². The number of aromatic nitrogens is 7. The van der Waals surface area contributed by atoms with Gasteiger partial charge in [0.1, 0.15) is 23.1 Å². The number of likely N-dealkylation sites (tertiary alicyclic amines) is 1. The van der Waals surface area contributed by atoms with Gasteiger partial charge in [0.05, 0.1) is 45.8 Å². The number of nitrogens with zero attached hydrogens (tertiary/aromatic N) is 8. The van der Waals surface area contributed by atoms with Crippen molar-refractivity contribution in [2.24, 2.45) is 12.8 Å². The van der Waals surface area contributed by atoms with Crippen LogP contribution in [-0.2, 0) is 17.3 Å². The third-order valence-electron chi connectivity index (χ3n) is 10.0. The molecule has 2 atom stereocenters. The Labute approximate surface area is 355 Å². The molecule has 0 saturated carbocycles. The first-order chi connectivity index (χ1) is 28.9. The summed E-state index contributed by atoms with van der Waals surface area (Å²) in [4.78, 5) is 55.7. The number of aliphatic hydroxyl groups excluding tert-OH is 1. The predicted octanol–water partition coefficient (Wildman–Crippen LogP) is 6.99. The molecular weight excluding hydrogens is 842 g/mol. The number of nitrogens with two attached hydrogens (primary N) is 1. The zero-order valence-electron chi connectivity index (χ0n) is 33.1. The second-order valence-corrected chi connectivity index (χ2v) is 15.8. The maximum atomic E-state index is 13.8. The lowest BCUT2D eigenvalue weighted by atomic mass is 9.87. The van der Waals surface area contributed by atoms with Crippen molar-refractivity contribution in [3.63, 3.8) is 0 Å². The molecular formula is C40H40ClF4N11O4S. The van der Waals surface area contributed by atoms with E-state index in [1.165, 1.54) is 39.9 Å². The molecule has 0 radical (unpaired) electrons. The number of pyridine rings is 2. The van der Waals surface area contributed by atoms with Crippen molar-refractivity contribution < 1.29 is 32.3 Å². The Morgan fingerprint density at radius 1 is 1.03 bits per heavy atom. The number of alkyl halides is 3. The zero-order valence-corrected chi connectivity index (χ0v) is 34.7. The number of benzene rings is 1. The Kier molecular flexibility index (Phi) is 13.2. The summed E-state index contributed by atoms with van der Waals surface area (Å²) in [6.45, 7) is 3.90. The van der Waals surface area contributed by atoms with Gasteiger partial charge < -0.3 is 25.6 Å². The Morgan fingerprint density at radius 3 is 2.44 bits per heavy atom. The summed E-state index contributed by atoms with van der Waals surface area (Å²) < 4.78 is 57.0. The van der Waals surface area contributed by atoms with Crippen molar-refractivity contribution >= 4 is 51.8 Å². The highest BCUT2D eigenvalue weighted by Crippen LogP contribution is 2.41. The van der Waals surface area contributed by atoms with Gasteiger partial charge in [-0.15, -0.1) is 0 Å². The molecule has 0 aliphatic carbocycles. The third kappa shape index (κ3) is 9.87. The average molecular weight is 882 g/mol. The number of hydrogen-bond donors (Lipinski definition) is 4. The molecule has 320 valence electrons. The molecule has 21 heteroatoms. The molecule has 5 N–H and O–H groups in total. The Morgan fingerprint density at radius 2 is 1.79 bits per heavy atom. The van der Waals surface area contributed by atoms with E-state index >= 15 is 0 Å². The SMILES string of the molecule is Cc1nc(NC(=O)N2CCCC2C(N)=O)sc1-c1ccnc(C(C)(C)C(F)(F)F)c1.Cn1nccc1Nc1nccc(-c2ccn(C(CO)c3ccc(Cl)c(F)c3)c(=O)c2)n1. The van der Waals surface area contributed by atoms with Crippen LogP contribution in [0.1, 0.15) is 49.7 Å². The van der Waals surface area contributed by atoms with Crippen LogP contribution in [0.3, 0.4) is 0 Å². The standard InChI is InChI=1S/C21H18ClFN6O2.C19H22F3N5O2S/c1-28-19(5-8-25-28)27-21-24-7-4-17(26-21)13-6-9-29(20(31)11-13)18(12-30)14-2-3-15(22)16(23)10-14;1-10-14(11-6-7-24-13(9-11)18(2,3)19(20,21)22)30-16(25-10)26-17(29)27-8-4-5-12(27)15(23)28/h2-11,18,30H,12H2,1H3,(H,24,26,27);6-7,9,12H,4-5,8H2,1-3H3,(H2,23,28)(H,25,26,29). The van der Waals surface area contributed by atoms with Crippen LogP contribution in [0.15, 0.2) is 84.2 Å². The van der Waals surface area contributed by atoms with Crippen molar-refractivity contribution in [2.45, 2.75) is 57.3 Å². The number of anilines is 3. The number of primary amides is 1. The van der Waals surface area contributed by atoms with E-state index in [2.05, 4.69) is 35.7 Å². The van der Waals surface area contributed by atoms with E-state index in [0.29, 0.717) is 64.1 Å². The van der Waals surface area contributed by atoms with Gasteiger partial charge in [-0.3, -0.25) is 24.6 Å². The molecule has 1 aromatic carbocycles. The number of nitrogens with one attached hydrogen (secondary N) is 2. The van der Waals surface area contributed by atoms with Crippen LogP contribution in [0.5, 0.6) is 0 Å². The van der Waals surface area contributed by atoms with Crippen molar-refractivity contribution in [1.82, 2.24) is 39.2 Å². The second kappa shape index (κ2) is 18.2. The number of rotatable bonds is 10. The number of aliphatic hydroxyl groups is 1. The molecule has 6 heterocycles. The van der Waals surface area contributed by atoms with E-state index in [1.807, 2.05) is 0 Å². The monoisotopic (exact) mass is 881 g/mol. The van der Waals surface area contributed by atoms with Gasteiger partial charge in [-0.25, -0.2) is 24.1 Å². The molecule has 6 aromatic rings. The van der Waals surface area contributed by atoms with Gasteiger partial charge in [0.2, 0.25) is 11.9 Å². The van der Waals surface area contributed by atoms with Crippen molar-refractivity contribution in [2.75, 3.05) is 23.8 Å². The molecule has 0 bridgehead atoms. The van der Waals surface area contributed by atoms with Crippen LogP contribution in [-0.4, -0.2) is 81.6 Å². The van der Waals surface area contributed by atoms with E-state index in [-0.39, 0.29) is 28.0 Å². The fourth-order valence-electron chi connectivity index (χ4n) is 6.42. The van der Waals surface area contributed by atoms with Crippen molar-refractivity contribution in [3.05, 3.63) is 118 Å². The van der Waals surface area contributed by atoms with E-state index < -0.39 is 41.4 Å². The summed E-state index contributed by atoms with van der Waals surface area (Å²) >= 11 is 6.87. The number of carbonyl (C=O) groups is 2. The summed E-state index contributed by atoms with van der Waals surface area (Å²) in [5.41, 5.74) is 5.41. The molecule has 0 spiro atoms. The Hall–Kier alpha value is -6.25. The highest BCUT2D eigenvalue weighted by molar-refractivity contribution is 7.19. The number of thiazole rings is 1. The molecule has 7 rings (SSSR count). The van der Waals surface area contributed by atoms with Crippen LogP contribution in [0, 0.1) is 12.7 Å². The second-order valence-electron chi connectivity index (χ2n) is 14.4. The van der Waals surface area contributed by atoms with Gasteiger partial charge in [0, 0.05) is 49.9 Å². The molecule has 5 aromatic heterocycles. The maximum Gasteiger partial charge on any atom is 0.399 e. The lowest BCUT2D eigenvalue weighted by Gasteiger charge is -2.27. The van der Waals surface area contributed by atoms with E-state index in [1.54, 1.807) is 67.6 Å². The minimum atomic E-state index is -4.45. The normalized spacial score (nSPS) is 14.6. The lowest BCUT2D eigenvalue weighted by molar-refractivity contribution is -0.181. The fraction of sp³-hybridized carbons (Fsp3) is 0.300. The van der Waals surface area contributed by atoms with Gasteiger partial charge in [0.15, 0.2) is 5.13 Å². The molecule has 1 aliphatic rings. The first-order valence-corrected chi connectivity index (χ1v) is 19.8. The van der Waals surface area contributed by atoms with Gasteiger partial charge in [-0.05, 0) is 81.1 Å². The number of carbonyl (C=O) groups excluding carboxylic acids is 2. The fourth-order valence-corrected chi connectivity index (χ4v) is 7.49. The summed E-state index contributed by atoms with van der Waals surface area (Å²) in [5, 5.41) is 19.9. The van der Waals surface area contributed by atoms with E-state index in [9.17, 15) is 37.1 Å². The molecule has 15 nitrogen and oxygen atoms in total. The molecule has 1 fully saturated rings. The number of amides is 3. The minimum Gasteiger partial charge on any atom is -0.394 e. The largest absolute Gasteiger partial charge is 0.399 e. The van der Waals surface area contributed by atoms with Gasteiger partial charge in [-0.1, -0.05) is 29.0 Å². The van der Waals surface area contributed by atoms with E-state index in [0.717, 1.165) is 25.2 Å². The van der Waals surface area contributed by atoms with Crippen LogP contribution in [0.4, 0.5) is 39.3 Å².